The van der Waals surface area contributed by atoms with Gasteiger partial charge in [-0.15, -0.1) is 10.2 Å². The Labute approximate surface area is 182 Å². The molecule has 4 rings (SSSR count). The van der Waals surface area contributed by atoms with E-state index in [2.05, 4.69) is 126 Å². The molecule has 4 aromatic rings. The molecule has 0 aliphatic heterocycles. The molecule has 30 heavy (non-hydrogen) atoms. The molecule has 0 aliphatic rings. The normalized spacial score (nSPS) is 11.1. The maximum Gasteiger partial charge on any atom is 0.196 e. The number of aromatic nitrogens is 3. The van der Waals surface area contributed by atoms with Crippen molar-refractivity contribution in [1.29, 1.82) is 0 Å². The third kappa shape index (κ3) is 4.26. The van der Waals surface area contributed by atoms with E-state index in [1.54, 1.807) is 11.8 Å². The van der Waals surface area contributed by atoms with Crippen molar-refractivity contribution in [2.75, 3.05) is 19.0 Å². The Kier molecular flexibility index (Phi) is 6.19. The summed E-state index contributed by atoms with van der Waals surface area (Å²) in [6.45, 7) is 2.12. The van der Waals surface area contributed by atoms with E-state index in [1.165, 1.54) is 16.8 Å². The largest absolute Gasteiger partial charge is 0.378 e. The molecule has 0 unspecified atom stereocenters. The number of thioether (sulfide) groups is 1. The van der Waals surface area contributed by atoms with Crippen LogP contribution in [0.5, 0.6) is 0 Å². The molecular weight excluding hydrogens is 388 g/mol. The van der Waals surface area contributed by atoms with Crippen molar-refractivity contribution < 1.29 is 0 Å². The summed E-state index contributed by atoms with van der Waals surface area (Å²) < 4.78 is 2.18. The van der Waals surface area contributed by atoms with Crippen molar-refractivity contribution in [3.05, 3.63) is 102 Å². The van der Waals surface area contributed by atoms with Crippen molar-refractivity contribution in [2.24, 2.45) is 0 Å². The molecule has 0 fully saturated rings. The fraction of sp³-hybridized carbons (Fsp3) is 0.200. The number of aryl methyl sites for hydroxylation is 1. The van der Waals surface area contributed by atoms with Gasteiger partial charge in [0.2, 0.25) is 0 Å². The predicted octanol–water partition coefficient (Wildman–Crippen LogP) is 5.78. The Morgan fingerprint density at radius 1 is 0.800 bits per heavy atom. The predicted molar refractivity (Wildman–Crippen MR) is 126 cm³/mol. The number of rotatable bonds is 7. The number of nitrogens with zero attached hydrogens (tertiary/aromatic N) is 4. The highest BCUT2D eigenvalue weighted by molar-refractivity contribution is 7.99. The van der Waals surface area contributed by atoms with Gasteiger partial charge in [-0.25, -0.2) is 0 Å². The van der Waals surface area contributed by atoms with E-state index >= 15 is 0 Å². The van der Waals surface area contributed by atoms with Crippen LogP contribution in [0.4, 0.5) is 5.69 Å². The zero-order valence-electron chi connectivity index (χ0n) is 17.6. The molecule has 152 valence electrons. The Morgan fingerprint density at radius 3 is 1.87 bits per heavy atom. The molecular formula is C25H26N4S. The first-order chi connectivity index (χ1) is 14.7. The summed E-state index contributed by atoms with van der Waals surface area (Å²) >= 11 is 1.74. The first kappa shape index (κ1) is 20.2. The lowest BCUT2D eigenvalue weighted by molar-refractivity contribution is 0.834. The highest BCUT2D eigenvalue weighted by Crippen LogP contribution is 2.40. The summed E-state index contributed by atoms with van der Waals surface area (Å²) in [6, 6.07) is 29.7. The van der Waals surface area contributed by atoms with E-state index in [9.17, 15) is 0 Å². The second-order valence-electron chi connectivity index (χ2n) is 7.32. The zero-order chi connectivity index (χ0) is 20.9. The molecule has 0 atom stereocenters. The second-order valence-corrected chi connectivity index (χ2v) is 8.39. The molecule has 5 heteroatoms. The van der Waals surface area contributed by atoms with E-state index in [-0.39, 0.29) is 5.25 Å². The molecule has 1 aromatic heterocycles. The summed E-state index contributed by atoms with van der Waals surface area (Å²) in [5.41, 5.74) is 4.77. The molecule has 0 spiro atoms. The van der Waals surface area contributed by atoms with Crippen LogP contribution in [-0.2, 0) is 6.42 Å². The topological polar surface area (TPSA) is 34.0 Å². The van der Waals surface area contributed by atoms with Gasteiger partial charge in [0.1, 0.15) is 5.82 Å². The number of hydrogen-bond acceptors (Lipinski definition) is 4. The van der Waals surface area contributed by atoms with Crippen LogP contribution in [0.25, 0.3) is 5.69 Å². The molecule has 0 aliphatic carbocycles. The smallest absolute Gasteiger partial charge is 0.196 e. The van der Waals surface area contributed by atoms with Crippen LogP contribution in [-0.4, -0.2) is 28.9 Å². The fourth-order valence-corrected chi connectivity index (χ4v) is 4.66. The highest BCUT2D eigenvalue weighted by Gasteiger charge is 2.21. The van der Waals surface area contributed by atoms with Crippen molar-refractivity contribution >= 4 is 17.4 Å². The number of benzene rings is 3. The monoisotopic (exact) mass is 414 g/mol. The maximum absolute atomic E-state index is 4.58. The Morgan fingerprint density at radius 2 is 1.37 bits per heavy atom. The Bertz CT molecular complexity index is 1030. The van der Waals surface area contributed by atoms with E-state index in [4.69, 9.17) is 0 Å². The minimum atomic E-state index is 0.140. The van der Waals surface area contributed by atoms with Gasteiger partial charge in [-0.1, -0.05) is 79.3 Å². The SMILES string of the molecule is CCc1nnc(SC(c2ccccc2)c2ccccc2)n1-c1ccc(N(C)C)cc1. The van der Waals surface area contributed by atoms with E-state index in [0.717, 1.165) is 23.1 Å². The summed E-state index contributed by atoms with van der Waals surface area (Å²) in [7, 11) is 4.10. The van der Waals surface area contributed by atoms with Gasteiger partial charge >= 0.3 is 0 Å². The lowest BCUT2D eigenvalue weighted by Crippen LogP contribution is -2.09. The van der Waals surface area contributed by atoms with Gasteiger partial charge in [-0.05, 0) is 35.4 Å². The number of hydrogen-bond donors (Lipinski definition) is 0. The number of anilines is 1. The highest BCUT2D eigenvalue weighted by atomic mass is 32.2. The first-order valence-electron chi connectivity index (χ1n) is 10.2. The van der Waals surface area contributed by atoms with Crippen LogP contribution in [0.1, 0.15) is 29.1 Å². The average Bonchev–Trinajstić information content (AvgIpc) is 3.21. The molecule has 0 saturated carbocycles. The molecule has 0 saturated heterocycles. The van der Waals surface area contributed by atoms with E-state index in [1.807, 2.05) is 0 Å². The van der Waals surface area contributed by atoms with Gasteiger partial charge in [0.15, 0.2) is 5.16 Å². The first-order valence-corrected chi connectivity index (χ1v) is 11.0. The Balaban J connectivity index is 1.75. The maximum atomic E-state index is 4.58. The van der Waals surface area contributed by atoms with Gasteiger partial charge in [-0.2, -0.15) is 0 Å². The molecule has 0 N–H and O–H groups in total. The average molecular weight is 415 g/mol. The standard InChI is InChI=1S/C25H26N4S/c1-4-23-26-27-25(29(23)22-17-15-21(16-18-22)28(2)3)30-24(19-11-7-5-8-12-19)20-13-9-6-10-14-20/h5-18,24H,4H2,1-3H3. The third-order valence-electron chi connectivity index (χ3n) is 5.07. The Hall–Kier alpha value is -3.05. The lowest BCUT2D eigenvalue weighted by atomic mass is 10.0. The van der Waals surface area contributed by atoms with Gasteiger partial charge in [-0.3, -0.25) is 4.57 Å². The van der Waals surface area contributed by atoms with Crippen molar-refractivity contribution in [3.63, 3.8) is 0 Å². The van der Waals surface area contributed by atoms with E-state index in [0.29, 0.717) is 0 Å². The van der Waals surface area contributed by atoms with Gasteiger partial charge in [0.25, 0.3) is 0 Å². The van der Waals surface area contributed by atoms with Crippen LogP contribution in [0.3, 0.4) is 0 Å². The quantitative estimate of drug-likeness (QED) is 0.359. The van der Waals surface area contributed by atoms with Crippen molar-refractivity contribution in [2.45, 2.75) is 23.8 Å². The van der Waals surface area contributed by atoms with E-state index < -0.39 is 0 Å². The van der Waals surface area contributed by atoms with Gasteiger partial charge in [0.05, 0.1) is 5.25 Å². The van der Waals surface area contributed by atoms with Crippen LogP contribution in [0, 0.1) is 0 Å². The van der Waals surface area contributed by atoms with Crippen LogP contribution < -0.4 is 4.90 Å². The van der Waals surface area contributed by atoms with Gasteiger partial charge in [0, 0.05) is 31.9 Å². The molecule has 4 nitrogen and oxygen atoms in total. The van der Waals surface area contributed by atoms with Crippen molar-refractivity contribution in [3.8, 4) is 5.69 Å². The minimum Gasteiger partial charge on any atom is -0.378 e. The molecule has 0 bridgehead atoms. The molecule has 1 heterocycles. The molecule has 0 amide bonds. The lowest BCUT2D eigenvalue weighted by Gasteiger charge is -2.19. The summed E-state index contributed by atoms with van der Waals surface area (Å²) in [6.07, 6.45) is 0.824. The molecule has 3 aromatic carbocycles. The third-order valence-corrected chi connectivity index (χ3v) is 6.32. The van der Waals surface area contributed by atoms with Crippen molar-refractivity contribution in [1.82, 2.24) is 14.8 Å². The molecule has 0 radical (unpaired) electrons. The van der Waals surface area contributed by atoms with Crippen LogP contribution in [0.15, 0.2) is 90.1 Å². The zero-order valence-corrected chi connectivity index (χ0v) is 18.4. The minimum absolute atomic E-state index is 0.140. The van der Waals surface area contributed by atoms with Crippen LogP contribution in [0.2, 0.25) is 0 Å². The van der Waals surface area contributed by atoms with Crippen LogP contribution >= 0.6 is 11.8 Å². The summed E-state index contributed by atoms with van der Waals surface area (Å²) in [4.78, 5) is 2.10. The fourth-order valence-electron chi connectivity index (χ4n) is 3.45. The summed E-state index contributed by atoms with van der Waals surface area (Å²) in [5.74, 6) is 0.968. The van der Waals surface area contributed by atoms with Gasteiger partial charge < -0.3 is 4.90 Å². The summed E-state index contributed by atoms with van der Waals surface area (Å²) in [5, 5.41) is 10.1. The second kappa shape index (κ2) is 9.18.